The normalized spacial score (nSPS) is 21.5. The molecule has 1 saturated heterocycles. The van der Waals surface area contributed by atoms with Gasteiger partial charge in [-0.05, 0) is 32.8 Å². The van der Waals surface area contributed by atoms with Crippen molar-refractivity contribution in [1.82, 2.24) is 5.32 Å². The first-order valence-electron chi connectivity index (χ1n) is 7.12. The summed E-state index contributed by atoms with van der Waals surface area (Å²) in [6, 6.07) is 6.43. The maximum Gasteiger partial charge on any atom is 0.127 e. The third-order valence-electron chi connectivity index (χ3n) is 3.77. The smallest absolute Gasteiger partial charge is 0.127 e. The van der Waals surface area contributed by atoms with Gasteiger partial charge in [-0.15, -0.1) is 0 Å². The van der Waals surface area contributed by atoms with E-state index in [0.717, 1.165) is 43.1 Å². The monoisotopic (exact) mass is 279 g/mol. The average molecular weight is 279 g/mol. The van der Waals surface area contributed by atoms with Crippen LogP contribution in [0.15, 0.2) is 18.2 Å². The van der Waals surface area contributed by atoms with E-state index < -0.39 is 0 Å². The largest absolute Gasteiger partial charge is 0.497 e. The van der Waals surface area contributed by atoms with E-state index in [-0.39, 0.29) is 5.60 Å². The molecule has 112 valence electrons. The molecule has 20 heavy (non-hydrogen) atoms. The second-order valence-corrected chi connectivity index (χ2v) is 5.86. The maximum atomic E-state index is 5.74. The van der Waals surface area contributed by atoms with Crippen molar-refractivity contribution >= 4 is 0 Å². The minimum absolute atomic E-state index is 0.0279. The third-order valence-corrected chi connectivity index (χ3v) is 3.77. The Kier molecular flexibility index (Phi) is 4.89. The van der Waals surface area contributed by atoms with Crippen LogP contribution in [-0.4, -0.2) is 32.5 Å². The van der Waals surface area contributed by atoms with Gasteiger partial charge in [0.05, 0.1) is 19.8 Å². The summed E-state index contributed by atoms with van der Waals surface area (Å²) in [7, 11) is 3.35. The van der Waals surface area contributed by atoms with Crippen LogP contribution in [0.4, 0.5) is 0 Å². The van der Waals surface area contributed by atoms with Crippen molar-refractivity contribution in [2.75, 3.05) is 20.8 Å². The number of hydrogen-bond acceptors (Lipinski definition) is 4. The molecule has 2 rings (SSSR count). The Bertz CT molecular complexity index is 445. The van der Waals surface area contributed by atoms with Gasteiger partial charge < -0.3 is 19.5 Å². The lowest BCUT2D eigenvalue weighted by Crippen LogP contribution is -2.43. The highest BCUT2D eigenvalue weighted by Crippen LogP contribution is 2.27. The number of hydrogen-bond donors (Lipinski definition) is 1. The Balaban J connectivity index is 1.96. The van der Waals surface area contributed by atoms with Crippen molar-refractivity contribution in [1.29, 1.82) is 0 Å². The van der Waals surface area contributed by atoms with Gasteiger partial charge in [0, 0.05) is 30.8 Å². The number of ether oxygens (including phenoxy) is 3. The summed E-state index contributed by atoms with van der Waals surface area (Å²) in [6.45, 7) is 5.92. The SMILES string of the molecule is COc1ccc(CNC2CCOC(C)(C)C2)c(OC)c1. The van der Waals surface area contributed by atoms with Gasteiger partial charge in [-0.2, -0.15) is 0 Å². The van der Waals surface area contributed by atoms with Gasteiger partial charge in [0.25, 0.3) is 0 Å². The molecule has 0 amide bonds. The number of nitrogens with one attached hydrogen (secondary N) is 1. The summed E-state index contributed by atoms with van der Waals surface area (Å²) >= 11 is 0. The topological polar surface area (TPSA) is 39.7 Å². The van der Waals surface area contributed by atoms with Gasteiger partial charge in [0.2, 0.25) is 0 Å². The molecule has 1 atom stereocenters. The molecule has 1 heterocycles. The molecule has 0 aromatic heterocycles. The van der Waals surface area contributed by atoms with Gasteiger partial charge in [0.15, 0.2) is 0 Å². The second kappa shape index (κ2) is 6.46. The minimum Gasteiger partial charge on any atom is -0.497 e. The van der Waals surface area contributed by atoms with E-state index in [2.05, 4.69) is 25.2 Å². The quantitative estimate of drug-likeness (QED) is 0.899. The first-order valence-corrected chi connectivity index (χ1v) is 7.12. The van der Waals surface area contributed by atoms with Crippen molar-refractivity contribution in [2.45, 2.75) is 44.9 Å². The molecule has 1 aliphatic heterocycles. The first kappa shape index (κ1) is 15.1. The molecule has 0 aliphatic carbocycles. The van der Waals surface area contributed by atoms with Gasteiger partial charge in [0.1, 0.15) is 11.5 Å². The van der Waals surface area contributed by atoms with Crippen LogP contribution in [0, 0.1) is 0 Å². The van der Waals surface area contributed by atoms with Crippen LogP contribution >= 0.6 is 0 Å². The summed E-state index contributed by atoms with van der Waals surface area (Å²) in [4.78, 5) is 0. The lowest BCUT2D eigenvalue weighted by Gasteiger charge is -2.36. The zero-order valence-corrected chi connectivity index (χ0v) is 12.9. The predicted molar refractivity (Wildman–Crippen MR) is 79.4 cm³/mol. The third kappa shape index (κ3) is 3.87. The van der Waals surface area contributed by atoms with E-state index in [1.165, 1.54) is 0 Å². The lowest BCUT2D eigenvalue weighted by molar-refractivity contribution is -0.0630. The van der Waals surface area contributed by atoms with E-state index in [1.807, 2.05) is 12.1 Å². The molecular formula is C16H25NO3. The Labute approximate surface area is 121 Å². The van der Waals surface area contributed by atoms with Crippen LogP contribution in [0.5, 0.6) is 11.5 Å². The molecule has 1 N–H and O–H groups in total. The Morgan fingerprint density at radius 3 is 2.75 bits per heavy atom. The van der Waals surface area contributed by atoms with Crippen LogP contribution in [-0.2, 0) is 11.3 Å². The summed E-state index contributed by atoms with van der Waals surface area (Å²) in [5.74, 6) is 1.68. The molecule has 1 aromatic carbocycles. The number of rotatable bonds is 5. The minimum atomic E-state index is -0.0279. The summed E-state index contributed by atoms with van der Waals surface area (Å²) in [5.41, 5.74) is 1.12. The zero-order valence-electron chi connectivity index (χ0n) is 12.9. The molecule has 4 heteroatoms. The molecule has 0 saturated carbocycles. The summed E-state index contributed by atoms with van der Waals surface area (Å²) < 4.78 is 16.4. The van der Waals surface area contributed by atoms with E-state index in [4.69, 9.17) is 14.2 Å². The molecule has 1 aliphatic rings. The van der Waals surface area contributed by atoms with E-state index in [0.29, 0.717) is 6.04 Å². The van der Waals surface area contributed by atoms with Crippen LogP contribution in [0.1, 0.15) is 32.3 Å². The number of benzene rings is 1. The molecular weight excluding hydrogens is 254 g/mol. The summed E-state index contributed by atoms with van der Waals surface area (Å²) in [5, 5.41) is 3.60. The average Bonchev–Trinajstić information content (AvgIpc) is 2.44. The van der Waals surface area contributed by atoms with Crippen molar-refractivity contribution in [3.05, 3.63) is 23.8 Å². The van der Waals surface area contributed by atoms with E-state index in [1.54, 1.807) is 14.2 Å². The molecule has 0 bridgehead atoms. The van der Waals surface area contributed by atoms with Crippen LogP contribution in [0.2, 0.25) is 0 Å². The van der Waals surface area contributed by atoms with Gasteiger partial charge in [-0.3, -0.25) is 0 Å². The van der Waals surface area contributed by atoms with Gasteiger partial charge in [-0.25, -0.2) is 0 Å². The fourth-order valence-electron chi connectivity index (χ4n) is 2.66. The van der Waals surface area contributed by atoms with Crippen molar-refractivity contribution < 1.29 is 14.2 Å². The highest BCUT2D eigenvalue weighted by molar-refractivity contribution is 5.40. The highest BCUT2D eigenvalue weighted by Gasteiger charge is 2.28. The molecule has 0 radical (unpaired) electrons. The Hall–Kier alpha value is -1.26. The molecule has 1 aromatic rings. The summed E-state index contributed by atoms with van der Waals surface area (Å²) in [6.07, 6.45) is 2.09. The van der Waals surface area contributed by atoms with E-state index in [9.17, 15) is 0 Å². The van der Waals surface area contributed by atoms with Crippen LogP contribution in [0.25, 0.3) is 0 Å². The van der Waals surface area contributed by atoms with Gasteiger partial charge in [-0.1, -0.05) is 6.07 Å². The standard InChI is InChI=1S/C16H25NO3/c1-16(2)10-13(7-8-20-16)17-11-12-5-6-14(18-3)9-15(12)19-4/h5-6,9,13,17H,7-8,10-11H2,1-4H3. The predicted octanol–water partition coefficient (Wildman–Crippen LogP) is 2.75. The van der Waals surface area contributed by atoms with E-state index >= 15 is 0 Å². The van der Waals surface area contributed by atoms with Crippen molar-refractivity contribution in [2.24, 2.45) is 0 Å². The molecule has 1 unspecified atom stereocenters. The molecule has 1 fully saturated rings. The maximum absolute atomic E-state index is 5.74. The zero-order chi connectivity index (χ0) is 14.6. The van der Waals surface area contributed by atoms with Crippen LogP contribution < -0.4 is 14.8 Å². The molecule has 0 spiro atoms. The Morgan fingerprint density at radius 2 is 2.10 bits per heavy atom. The fourth-order valence-corrected chi connectivity index (χ4v) is 2.66. The lowest BCUT2D eigenvalue weighted by atomic mass is 9.94. The number of methoxy groups -OCH3 is 2. The Morgan fingerprint density at radius 1 is 1.30 bits per heavy atom. The molecule has 4 nitrogen and oxygen atoms in total. The fraction of sp³-hybridized carbons (Fsp3) is 0.625. The highest BCUT2D eigenvalue weighted by atomic mass is 16.5. The van der Waals surface area contributed by atoms with Crippen molar-refractivity contribution in [3.8, 4) is 11.5 Å². The van der Waals surface area contributed by atoms with Crippen LogP contribution in [0.3, 0.4) is 0 Å². The van der Waals surface area contributed by atoms with Gasteiger partial charge >= 0.3 is 0 Å². The van der Waals surface area contributed by atoms with Crippen molar-refractivity contribution in [3.63, 3.8) is 0 Å². The first-order chi connectivity index (χ1) is 9.54. The second-order valence-electron chi connectivity index (χ2n) is 5.86.